The summed E-state index contributed by atoms with van der Waals surface area (Å²) >= 11 is 0. The summed E-state index contributed by atoms with van der Waals surface area (Å²) in [6.07, 6.45) is 4.67. The molecule has 0 bridgehead atoms. The standard InChI is InChI=1S/C20H31N3O/c1-3-23(19-10-5-4-8-17(19)2)20(24)11-13-21-14-15-22-12-7-6-9-18(22)16-21/h4-5,8,10,18H,3,6-7,9,11-16H2,1-2H3. The lowest BCUT2D eigenvalue weighted by atomic mass is 9.99. The Kier molecular flexibility index (Phi) is 5.90. The summed E-state index contributed by atoms with van der Waals surface area (Å²) in [7, 11) is 0. The number of piperidine rings is 1. The Morgan fingerprint density at radius 1 is 1.21 bits per heavy atom. The van der Waals surface area contributed by atoms with Crippen LogP contribution >= 0.6 is 0 Å². The number of fused-ring (bicyclic) bond motifs is 1. The largest absolute Gasteiger partial charge is 0.312 e. The topological polar surface area (TPSA) is 26.8 Å². The average Bonchev–Trinajstić information content (AvgIpc) is 2.62. The van der Waals surface area contributed by atoms with Crippen LogP contribution in [0.25, 0.3) is 0 Å². The van der Waals surface area contributed by atoms with Crippen molar-refractivity contribution >= 4 is 11.6 Å². The van der Waals surface area contributed by atoms with E-state index in [0.29, 0.717) is 6.42 Å². The van der Waals surface area contributed by atoms with Crippen LogP contribution in [0.5, 0.6) is 0 Å². The Bertz CT molecular complexity index is 560. The third-order valence-corrected chi connectivity index (χ3v) is 5.59. The molecule has 0 radical (unpaired) electrons. The second-order valence-corrected chi connectivity index (χ2v) is 7.16. The molecule has 0 N–H and O–H groups in total. The van der Waals surface area contributed by atoms with Gasteiger partial charge in [0.1, 0.15) is 0 Å². The van der Waals surface area contributed by atoms with E-state index in [2.05, 4.69) is 35.8 Å². The normalized spacial score (nSPS) is 22.2. The summed E-state index contributed by atoms with van der Waals surface area (Å²) in [6.45, 7) is 10.5. The minimum atomic E-state index is 0.248. The average molecular weight is 329 g/mol. The molecule has 1 aromatic rings. The Balaban J connectivity index is 1.54. The molecule has 2 saturated heterocycles. The lowest BCUT2D eigenvalue weighted by Gasteiger charge is -2.44. The first-order valence-electron chi connectivity index (χ1n) is 9.51. The van der Waals surface area contributed by atoms with Crippen LogP contribution in [0.4, 0.5) is 5.69 Å². The summed E-state index contributed by atoms with van der Waals surface area (Å²) in [5.41, 5.74) is 2.23. The van der Waals surface area contributed by atoms with Crippen molar-refractivity contribution in [3.05, 3.63) is 29.8 Å². The molecule has 2 fully saturated rings. The van der Waals surface area contributed by atoms with Gasteiger partial charge in [0.05, 0.1) is 0 Å². The van der Waals surface area contributed by atoms with Gasteiger partial charge in [0.25, 0.3) is 0 Å². The Labute approximate surface area is 146 Å². The summed E-state index contributed by atoms with van der Waals surface area (Å²) in [4.78, 5) is 19.8. The predicted octanol–water partition coefficient (Wildman–Crippen LogP) is 2.91. The van der Waals surface area contributed by atoms with Crippen LogP contribution in [0.1, 0.15) is 38.2 Å². The zero-order valence-corrected chi connectivity index (χ0v) is 15.2. The second-order valence-electron chi connectivity index (χ2n) is 7.16. The maximum atomic E-state index is 12.7. The second kappa shape index (κ2) is 8.13. The molecule has 1 unspecified atom stereocenters. The molecule has 1 atom stereocenters. The molecule has 0 aromatic heterocycles. The smallest absolute Gasteiger partial charge is 0.228 e. The number of para-hydroxylation sites is 1. The molecule has 1 amide bonds. The van der Waals surface area contributed by atoms with E-state index in [9.17, 15) is 4.79 Å². The Morgan fingerprint density at radius 2 is 2.04 bits per heavy atom. The number of piperazine rings is 1. The first-order chi connectivity index (χ1) is 11.7. The highest BCUT2D eigenvalue weighted by Crippen LogP contribution is 2.22. The highest BCUT2D eigenvalue weighted by Gasteiger charge is 2.29. The van der Waals surface area contributed by atoms with Crippen molar-refractivity contribution in [1.29, 1.82) is 0 Å². The maximum Gasteiger partial charge on any atom is 0.228 e. The first kappa shape index (κ1) is 17.4. The van der Waals surface area contributed by atoms with E-state index in [1.807, 2.05) is 17.0 Å². The summed E-state index contributed by atoms with van der Waals surface area (Å²) in [5, 5.41) is 0. The highest BCUT2D eigenvalue weighted by molar-refractivity contribution is 5.94. The van der Waals surface area contributed by atoms with Crippen LogP contribution < -0.4 is 4.90 Å². The van der Waals surface area contributed by atoms with E-state index in [-0.39, 0.29) is 5.91 Å². The maximum absolute atomic E-state index is 12.7. The van der Waals surface area contributed by atoms with Gasteiger partial charge in [-0.05, 0) is 44.9 Å². The SMILES string of the molecule is CCN(C(=O)CCN1CCN2CCCCC2C1)c1ccccc1C. The summed E-state index contributed by atoms with van der Waals surface area (Å²) in [6, 6.07) is 8.90. The van der Waals surface area contributed by atoms with Crippen LogP contribution in [0.15, 0.2) is 24.3 Å². The van der Waals surface area contributed by atoms with E-state index in [0.717, 1.165) is 37.9 Å². The van der Waals surface area contributed by atoms with Gasteiger partial charge in [-0.3, -0.25) is 14.6 Å². The Morgan fingerprint density at radius 3 is 2.83 bits per heavy atom. The lowest BCUT2D eigenvalue weighted by molar-refractivity contribution is -0.119. The minimum Gasteiger partial charge on any atom is -0.312 e. The quantitative estimate of drug-likeness (QED) is 0.831. The molecule has 2 aliphatic rings. The number of carbonyl (C=O) groups excluding carboxylic acids is 1. The van der Waals surface area contributed by atoms with E-state index >= 15 is 0 Å². The zero-order chi connectivity index (χ0) is 16.9. The van der Waals surface area contributed by atoms with Crippen molar-refractivity contribution in [2.45, 2.75) is 45.6 Å². The van der Waals surface area contributed by atoms with Crippen molar-refractivity contribution in [3.8, 4) is 0 Å². The van der Waals surface area contributed by atoms with Gasteiger partial charge in [0.15, 0.2) is 0 Å². The van der Waals surface area contributed by atoms with E-state index < -0.39 is 0 Å². The number of benzene rings is 1. The molecule has 1 aromatic carbocycles. The first-order valence-corrected chi connectivity index (χ1v) is 9.51. The molecule has 3 rings (SSSR count). The number of anilines is 1. The fraction of sp³-hybridized carbons (Fsp3) is 0.650. The monoisotopic (exact) mass is 329 g/mol. The summed E-state index contributed by atoms with van der Waals surface area (Å²) in [5.74, 6) is 0.248. The number of hydrogen-bond acceptors (Lipinski definition) is 3. The molecular weight excluding hydrogens is 298 g/mol. The van der Waals surface area contributed by atoms with Crippen LogP contribution in [0.3, 0.4) is 0 Å². The van der Waals surface area contributed by atoms with E-state index in [4.69, 9.17) is 0 Å². The number of hydrogen-bond donors (Lipinski definition) is 0. The van der Waals surface area contributed by atoms with Gasteiger partial charge < -0.3 is 4.90 Å². The fourth-order valence-electron chi connectivity index (χ4n) is 4.16. The van der Waals surface area contributed by atoms with Gasteiger partial charge in [-0.15, -0.1) is 0 Å². The van der Waals surface area contributed by atoms with Gasteiger partial charge in [0.2, 0.25) is 5.91 Å². The Hall–Kier alpha value is -1.39. The van der Waals surface area contributed by atoms with Crippen molar-refractivity contribution < 1.29 is 4.79 Å². The van der Waals surface area contributed by atoms with Crippen molar-refractivity contribution in [1.82, 2.24) is 9.80 Å². The van der Waals surface area contributed by atoms with Gasteiger partial charge in [-0.1, -0.05) is 24.6 Å². The molecule has 2 aliphatic heterocycles. The van der Waals surface area contributed by atoms with Gasteiger partial charge in [-0.2, -0.15) is 0 Å². The lowest BCUT2D eigenvalue weighted by Crippen LogP contribution is -2.55. The van der Waals surface area contributed by atoms with Crippen LogP contribution in [0, 0.1) is 6.92 Å². The van der Waals surface area contributed by atoms with Crippen molar-refractivity contribution in [3.63, 3.8) is 0 Å². The highest BCUT2D eigenvalue weighted by atomic mass is 16.2. The molecule has 0 saturated carbocycles. The molecule has 24 heavy (non-hydrogen) atoms. The molecule has 4 heteroatoms. The molecular formula is C20H31N3O. The van der Waals surface area contributed by atoms with Crippen LogP contribution in [-0.4, -0.2) is 61.0 Å². The molecule has 0 spiro atoms. The fourth-order valence-corrected chi connectivity index (χ4v) is 4.16. The third kappa shape index (κ3) is 3.98. The number of rotatable bonds is 5. The number of amides is 1. The number of carbonyl (C=O) groups is 1. The van der Waals surface area contributed by atoms with E-state index in [1.165, 1.54) is 37.9 Å². The molecule has 132 valence electrons. The van der Waals surface area contributed by atoms with E-state index in [1.54, 1.807) is 0 Å². The van der Waals surface area contributed by atoms with Gasteiger partial charge >= 0.3 is 0 Å². The van der Waals surface area contributed by atoms with Gasteiger partial charge in [0, 0.05) is 50.9 Å². The zero-order valence-electron chi connectivity index (χ0n) is 15.2. The third-order valence-electron chi connectivity index (χ3n) is 5.59. The van der Waals surface area contributed by atoms with Gasteiger partial charge in [-0.25, -0.2) is 0 Å². The van der Waals surface area contributed by atoms with Crippen LogP contribution in [-0.2, 0) is 4.79 Å². The molecule has 4 nitrogen and oxygen atoms in total. The number of aryl methyl sites for hydroxylation is 1. The summed E-state index contributed by atoms with van der Waals surface area (Å²) < 4.78 is 0. The number of nitrogens with zero attached hydrogens (tertiary/aromatic N) is 3. The molecule has 2 heterocycles. The van der Waals surface area contributed by atoms with Crippen LogP contribution in [0.2, 0.25) is 0 Å². The molecule has 0 aliphatic carbocycles. The van der Waals surface area contributed by atoms with Crippen molar-refractivity contribution in [2.75, 3.05) is 44.2 Å². The minimum absolute atomic E-state index is 0.248. The van der Waals surface area contributed by atoms with Crippen molar-refractivity contribution in [2.24, 2.45) is 0 Å². The predicted molar refractivity (Wildman–Crippen MR) is 99.5 cm³/mol.